The van der Waals surface area contributed by atoms with Crippen molar-refractivity contribution < 1.29 is 9.53 Å². The van der Waals surface area contributed by atoms with E-state index in [4.69, 9.17) is 4.74 Å². The zero-order chi connectivity index (χ0) is 20.5. The molecule has 2 aliphatic rings. The fourth-order valence-electron chi connectivity index (χ4n) is 4.90. The van der Waals surface area contributed by atoms with Crippen molar-refractivity contribution in [3.63, 3.8) is 0 Å². The maximum atomic E-state index is 12.9. The Bertz CT molecular complexity index is 1120. The van der Waals surface area contributed by atoms with E-state index in [0.29, 0.717) is 30.6 Å². The molecule has 4 heteroatoms. The zero-order valence-corrected chi connectivity index (χ0v) is 17.1. The molecule has 0 bridgehead atoms. The summed E-state index contributed by atoms with van der Waals surface area (Å²) in [7, 11) is 1.64. The van der Waals surface area contributed by atoms with E-state index in [9.17, 15) is 4.79 Å². The van der Waals surface area contributed by atoms with E-state index in [0.717, 1.165) is 12.1 Å². The molecular formula is C26H26N2O2. The van der Waals surface area contributed by atoms with Crippen molar-refractivity contribution in [3.8, 4) is 0 Å². The lowest BCUT2D eigenvalue weighted by Crippen LogP contribution is -2.33. The van der Waals surface area contributed by atoms with Crippen LogP contribution >= 0.6 is 0 Å². The predicted molar refractivity (Wildman–Crippen MR) is 121 cm³/mol. The second kappa shape index (κ2) is 7.96. The van der Waals surface area contributed by atoms with Gasteiger partial charge in [-0.3, -0.25) is 4.79 Å². The molecule has 3 atom stereocenters. The highest BCUT2D eigenvalue weighted by molar-refractivity contribution is 6.00. The first-order valence-electron chi connectivity index (χ1n) is 10.6. The number of para-hydroxylation sites is 1. The average molecular weight is 399 g/mol. The molecule has 4 nitrogen and oxygen atoms in total. The number of fused-ring (bicyclic) bond motifs is 4. The van der Waals surface area contributed by atoms with Crippen LogP contribution in [0.5, 0.6) is 0 Å². The van der Waals surface area contributed by atoms with Crippen LogP contribution in [0.25, 0.3) is 10.8 Å². The van der Waals surface area contributed by atoms with Crippen molar-refractivity contribution in [2.75, 3.05) is 25.6 Å². The number of ether oxygens (including phenoxy) is 1. The highest BCUT2D eigenvalue weighted by Crippen LogP contribution is 2.50. The molecule has 0 fully saturated rings. The summed E-state index contributed by atoms with van der Waals surface area (Å²) < 4.78 is 5.07. The molecule has 0 saturated heterocycles. The number of methoxy groups -OCH3 is 1. The Morgan fingerprint density at radius 1 is 1.10 bits per heavy atom. The van der Waals surface area contributed by atoms with E-state index < -0.39 is 0 Å². The van der Waals surface area contributed by atoms with Gasteiger partial charge in [0, 0.05) is 19.6 Å². The normalized spacial score (nSPS) is 21.7. The molecule has 0 saturated carbocycles. The number of hydrogen-bond acceptors (Lipinski definition) is 3. The van der Waals surface area contributed by atoms with E-state index in [2.05, 4.69) is 71.3 Å². The van der Waals surface area contributed by atoms with Crippen LogP contribution in [0.3, 0.4) is 0 Å². The van der Waals surface area contributed by atoms with Crippen LogP contribution in [0.15, 0.2) is 72.8 Å². The van der Waals surface area contributed by atoms with Gasteiger partial charge in [-0.1, -0.05) is 60.7 Å². The lowest BCUT2D eigenvalue weighted by molar-refractivity contribution is 0.0937. The van der Waals surface area contributed by atoms with Gasteiger partial charge in [0.05, 0.1) is 23.9 Å². The van der Waals surface area contributed by atoms with Gasteiger partial charge in [0.2, 0.25) is 0 Å². The molecule has 0 spiro atoms. The number of carbonyl (C=O) groups excluding carboxylic acids is 1. The minimum Gasteiger partial charge on any atom is -0.383 e. The maximum Gasteiger partial charge on any atom is 0.253 e. The molecule has 3 aromatic rings. The van der Waals surface area contributed by atoms with Gasteiger partial charge in [-0.05, 0) is 46.4 Å². The Morgan fingerprint density at radius 3 is 2.83 bits per heavy atom. The Hall–Kier alpha value is -3.11. The molecule has 3 unspecified atom stereocenters. The monoisotopic (exact) mass is 398 g/mol. The Balaban J connectivity index is 1.53. The molecule has 30 heavy (non-hydrogen) atoms. The van der Waals surface area contributed by atoms with Gasteiger partial charge in [-0.25, -0.2) is 0 Å². The van der Waals surface area contributed by atoms with Crippen LogP contribution in [0.1, 0.15) is 39.9 Å². The second-order valence-corrected chi connectivity index (χ2v) is 8.10. The number of hydrogen-bond donors (Lipinski definition) is 2. The molecule has 3 aromatic carbocycles. The van der Waals surface area contributed by atoms with Crippen molar-refractivity contribution in [1.29, 1.82) is 0 Å². The molecule has 1 amide bonds. The number of amides is 1. The first kappa shape index (κ1) is 18.9. The van der Waals surface area contributed by atoms with Crippen LogP contribution in [0.4, 0.5) is 5.69 Å². The van der Waals surface area contributed by atoms with E-state index in [-0.39, 0.29) is 11.9 Å². The topological polar surface area (TPSA) is 50.4 Å². The smallest absolute Gasteiger partial charge is 0.253 e. The van der Waals surface area contributed by atoms with E-state index in [1.54, 1.807) is 7.11 Å². The van der Waals surface area contributed by atoms with Crippen LogP contribution in [0.2, 0.25) is 0 Å². The third-order valence-electron chi connectivity index (χ3n) is 6.37. The van der Waals surface area contributed by atoms with Crippen LogP contribution in [-0.2, 0) is 4.74 Å². The predicted octanol–water partition coefficient (Wildman–Crippen LogP) is 5.04. The fourth-order valence-corrected chi connectivity index (χ4v) is 4.90. The Kier molecular flexibility index (Phi) is 5.01. The molecule has 0 aromatic heterocycles. The molecule has 0 radical (unpaired) electrons. The molecule has 1 heterocycles. The van der Waals surface area contributed by atoms with Crippen LogP contribution in [-0.4, -0.2) is 26.2 Å². The number of allylic oxidation sites excluding steroid dienone is 2. The van der Waals surface area contributed by atoms with Crippen molar-refractivity contribution in [3.05, 3.63) is 89.5 Å². The van der Waals surface area contributed by atoms with Gasteiger partial charge in [0.25, 0.3) is 5.91 Å². The highest BCUT2D eigenvalue weighted by Gasteiger charge is 2.39. The van der Waals surface area contributed by atoms with Crippen molar-refractivity contribution in [1.82, 2.24) is 5.32 Å². The van der Waals surface area contributed by atoms with Gasteiger partial charge < -0.3 is 15.4 Å². The summed E-state index contributed by atoms with van der Waals surface area (Å²) >= 11 is 0. The molecule has 1 aliphatic carbocycles. The highest BCUT2D eigenvalue weighted by atomic mass is 16.5. The van der Waals surface area contributed by atoms with Crippen molar-refractivity contribution in [2.45, 2.75) is 18.4 Å². The first-order valence-corrected chi connectivity index (χ1v) is 10.6. The summed E-state index contributed by atoms with van der Waals surface area (Å²) in [6.07, 6.45) is 5.63. The van der Waals surface area contributed by atoms with Gasteiger partial charge in [0.1, 0.15) is 0 Å². The molecular weight excluding hydrogens is 372 g/mol. The van der Waals surface area contributed by atoms with Crippen LogP contribution < -0.4 is 10.6 Å². The van der Waals surface area contributed by atoms with E-state index >= 15 is 0 Å². The quantitative estimate of drug-likeness (QED) is 0.467. The molecule has 5 rings (SSSR count). The summed E-state index contributed by atoms with van der Waals surface area (Å²) in [5.41, 5.74) is 4.14. The lowest BCUT2D eigenvalue weighted by atomic mass is 9.76. The number of carbonyl (C=O) groups is 1. The summed E-state index contributed by atoms with van der Waals surface area (Å²) in [5, 5.41) is 9.22. The largest absolute Gasteiger partial charge is 0.383 e. The van der Waals surface area contributed by atoms with Crippen molar-refractivity contribution >= 4 is 22.4 Å². The van der Waals surface area contributed by atoms with E-state index in [1.807, 2.05) is 12.1 Å². The van der Waals surface area contributed by atoms with Gasteiger partial charge in [-0.15, -0.1) is 0 Å². The Labute approximate surface area is 176 Å². The summed E-state index contributed by atoms with van der Waals surface area (Å²) in [5.74, 6) is 0.712. The summed E-state index contributed by atoms with van der Waals surface area (Å²) in [4.78, 5) is 12.9. The van der Waals surface area contributed by atoms with Crippen LogP contribution in [0, 0.1) is 5.92 Å². The first-order chi connectivity index (χ1) is 14.8. The minimum atomic E-state index is -0.0610. The minimum absolute atomic E-state index is 0.0610. The zero-order valence-electron chi connectivity index (χ0n) is 17.1. The molecule has 2 N–H and O–H groups in total. The van der Waals surface area contributed by atoms with Gasteiger partial charge >= 0.3 is 0 Å². The van der Waals surface area contributed by atoms with Crippen molar-refractivity contribution in [2.24, 2.45) is 5.92 Å². The standard InChI is InChI=1S/C26H26N2O2/c1-30-15-14-27-26(29)23-11-5-10-22-20-8-4-9-21(20)24(28-25(22)23)19-13-12-17-6-2-3-7-18(17)16-19/h2-8,10-13,16,20-21,24,28H,9,14-15H2,1H3,(H,27,29). The Morgan fingerprint density at radius 2 is 1.97 bits per heavy atom. The molecule has 1 aliphatic heterocycles. The number of anilines is 1. The lowest BCUT2D eigenvalue weighted by Gasteiger charge is -2.38. The summed E-state index contributed by atoms with van der Waals surface area (Å²) in [6, 6.07) is 21.4. The maximum absolute atomic E-state index is 12.9. The van der Waals surface area contributed by atoms with Gasteiger partial charge in [0.15, 0.2) is 0 Å². The third kappa shape index (κ3) is 3.27. The average Bonchev–Trinajstić information content (AvgIpc) is 3.28. The van der Waals surface area contributed by atoms with Gasteiger partial charge in [-0.2, -0.15) is 0 Å². The molecule has 152 valence electrons. The number of nitrogens with one attached hydrogen (secondary N) is 2. The SMILES string of the molecule is COCCNC(=O)c1cccc2c1NC(c1ccc3ccccc3c1)C1CC=CC21. The third-order valence-corrected chi connectivity index (χ3v) is 6.37. The fraction of sp³-hybridized carbons (Fsp3) is 0.269. The van der Waals surface area contributed by atoms with E-state index in [1.165, 1.54) is 21.9 Å². The number of benzene rings is 3. The number of rotatable bonds is 5. The second-order valence-electron chi connectivity index (χ2n) is 8.10. The summed E-state index contributed by atoms with van der Waals surface area (Å²) in [6.45, 7) is 1.00.